The third kappa shape index (κ3) is 4.01. The largest absolute Gasteiger partial charge is 0.345 e. The zero-order chi connectivity index (χ0) is 17.7. The smallest absolute Gasteiger partial charge is 0.251 e. The molecule has 6 heteroatoms. The van der Waals surface area contributed by atoms with Crippen LogP contribution in [0.5, 0.6) is 0 Å². The van der Waals surface area contributed by atoms with Crippen molar-refractivity contribution in [2.75, 3.05) is 14.1 Å². The van der Waals surface area contributed by atoms with E-state index in [0.717, 1.165) is 16.3 Å². The fourth-order valence-electron chi connectivity index (χ4n) is 2.36. The van der Waals surface area contributed by atoms with Crippen LogP contribution in [0, 0.1) is 0 Å². The van der Waals surface area contributed by atoms with Crippen LogP contribution in [0.4, 0.5) is 0 Å². The van der Waals surface area contributed by atoms with Crippen LogP contribution < -0.4 is 5.32 Å². The number of rotatable bonds is 6. The molecule has 2 rings (SSSR count). The van der Waals surface area contributed by atoms with Crippen LogP contribution in [0.3, 0.4) is 0 Å². The van der Waals surface area contributed by atoms with Crippen LogP contribution in [-0.4, -0.2) is 32.7 Å². The monoisotopic (exact) mass is 346 g/mol. The van der Waals surface area contributed by atoms with Crippen molar-refractivity contribution in [3.05, 3.63) is 65.7 Å². The molecule has 0 unspecified atom stereocenters. The summed E-state index contributed by atoms with van der Waals surface area (Å²) in [7, 11) is -0.640. The van der Waals surface area contributed by atoms with Gasteiger partial charge in [-0.15, -0.1) is 0 Å². The van der Waals surface area contributed by atoms with E-state index in [9.17, 15) is 13.2 Å². The van der Waals surface area contributed by atoms with E-state index in [2.05, 4.69) is 5.32 Å². The first-order valence-electron chi connectivity index (χ1n) is 7.74. The first-order valence-corrected chi connectivity index (χ1v) is 9.18. The maximum Gasteiger partial charge on any atom is 0.251 e. The average molecular weight is 346 g/mol. The molecule has 0 radical (unpaired) electrons. The number of sulfonamides is 1. The standard InChI is InChI=1S/C18H22N2O3S/c1-4-17(14-9-6-5-7-10-14)19-18(21)15-11-8-12-16(13-15)24(22,23)20(2)3/h5-13,17H,4H2,1-3H3,(H,19,21)/t17-/m0/s1. The minimum absolute atomic E-state index is 0.105. The maximum absolute atomic E-state index is 12.5. The number of carbonyl (C=O) groups excluding carboxylic acids is 1. The SMILES string of the molecule is CC[C@H](NC(=O)c1cccc(S(=O)(=O)N(C)C)c1)c1ccccc1. The Bertz CT molecular complexity index is 802. The quantitative estimate of drug-likeness (QED) is 0.875. The molecule has 0 fully saturated rings. The van der Waals surface area contributed by atoms with Crippen molar-refractivity contribution in [1.29, 1.82) is 0 Å². The summed E-state index contributed by atoms with van der Waals surface area (Å²) in [6.45, 7) is 1.99. The molecule has 0 aliphatic carbocycles. The first kappa shape index (κ1) is 18.2. The van der Waals surface area contributed by atoms with E-state index in [1.165, 1.54) is 26.2 Å². The average Bonchev–Trinajstić information content (AvgIpc) is 2.60. The van der Waals surface area contributed by atoms with E-state index < -0.39 is 10.0 Å². The zero-order valence-corrected chi connectivity index (χ0v) is 14.9. The molecule has 24 heavy (non-hydrogen) atoms. The topological polar surface area (TPSA) is 66.5 Å². The van der Waals surface area contributed by atoms with E-state index in [1.807, 2.05) is 37.3 Å². The molecule has 0 bridgehead atoms. The zero-order valence-electron chi connectivity index (χ0n) is 14.1. The lowest BCUT2D eigenvalue weighted by Gasteiger charge is -2.18. The molecule has 1 atom stereocenters. The maximum atomic E-state index is 12.5. The highest BCUT2D eigenvalue weighted by molar-refractivity contribution is 7.89. The van der Waals surface area contributed by atoms with Crippen molar-refractivity contribution in [2.45, 2.75) is 24.3 Å². The number of benzene rings is 2. The molecule has 0 spiro atoms. The third-order valence-corrected chi connectivity index (χ3v) is 5.60. The van der Waals surface area contributed by atoms with Crippen molar-refractivity contribution in [2.24, 2.45) is 0 Å². The number of hydrogen-bond donors (Lipinski definition) is 1. The van der Waals surface area contributed by atoms with Gasteiger partial charge in [-0.2, -0.15) is 0 Å². The summed E-state index contributed by atoms with van der Waals surface area (Å²) in [6.07, 6.45) is 0.742. The fourth-order valence-corrected chi connectivity index (χ4v) is 3.30. The lowest BCUT2D eigenvalue weighted by Crippen LogP contribution is -2.28. The van der Waals surface area contributed by atoms with Gasteiger partial charge in [0.05, 0.1) is 10.9 Å². The van der Waals surface area contributed by atoms with Gasteiger partial charge in [0.1, 0.15) is 0 Å². The highest BCUT2D eigenvalue weighted by Crippen LogP contribution is 2.18. The number of hydrogen-bond acceptors (Lipinski definition) is 3. The molecule has 1 N–H and O–H groups in total. The van der Waals surface area contributed by atoms with Crippen LogP contribution in [0.2, 0.25) is 0 Å². The number of nitrogens with zero attached hydrogens (tertiary/aromatic N) is 1. The van der Waals surface area contributed by atoms with E-state index in [1.54, 1.807) is 12.1 Å². The van der Waals surface area contributed by atoms with Crippen LogP contribution in [-0.2, 0) is 10.0 Å². The number of amides is 1. The number of carbonyl (C=O) groups is 1. The normalized spacial score (nSPS) is 12.8. The molecule has 0 aliphatic rings. The highest BCUT2D eigenvalue weighted by atomic mass is 32.2. The Balaban J connectivity index is 2.24. The predicted molar refractivity (Wildman–Crippen MR) is 94.3 cm³/mol. The van der Waals surface area contributed by atoms with Gasteiger partial charge in [0.2, 0.25) is 10.0 Å². The third-order valence-electron chi connectivity index (χ3n) is 3.79. The molecule has 0 aromatic heterocycles. The van der Waals surface area contributed by atoms with Gasteiger partial charge in [-0.3, -0.25) is 4.79 Å². The minimum atomic E-state index is -3.57. The van der Waals surface area contributed by atoms with Crippen molar-refractivity contribution in [3.63, 3.8) is 0 Å². The van der Waals surface area contributed by atoms with E-state index in [-0.39, 0.29) is 16.8 Å². The second-order valence-corrected chi connectivity index (χ2v) is 7.81. The molecule has 2 aromatic carbocycles. The molecular formula is C18H22N2O3S. The summed E-state index contributed by atoms with van der Waals surface area (Å²) in [5.41, 5.74) is 1.35. The van der Waals surface area contributed by atoms with Gasteiger partial charge in [-0.1, -0.05) is 43.3 Å². The van der Waals surface area contributed by atoms with Crippen molar-refractivity contribution < 1.29 is 13.2 Å². The van der Waals surface area contributed by atoms with Crippen molar-refractivity contribution in [3.8, 4) is 0 Å². The molecular weight excluding hydrogens is 324 g/mol. The van der Waals surface area contributed by atoms with Gasteiger partial charge in [0.25, 0.3) is 5.91 Å². The van der Waals surface area contributed by atoms with Crippen molar-refractivity contribution >= 4 is 15.9 Å². The molecule has 1 amide bonds. The molecule has 0 heterocycles. The summed E-state index contributed by atoms with van der Waals surface area (Å²) in [4.78, 5) is 12.6. The minimum Gasteiger partial charge on any atom is -0.345 e. The molecule has 0 saturated heterocycles. The van der Waals surface area contributed by atoms with Crippen LogP contribution >= 0.6 is 0 Å². The van der Waals surface area contributed by atoms with Gasteiger partial charge in [0.15, 0.2) is 0 Å². The molecule has 0 saturated carbocycles. The van der Waals surface area contributed by atoms with Crippen molar-refractivity contribution in [1.82, 2.24) is 9.62 Å². The predicted octanol–water partition coefficient (Wildman–Crippen LogP) is 2.82. The lowest BCUT2D eigenvalue weighted by molar-refractivity contribution is 0.0935. The molecule has 5 nitrogen and oxygen atoms in total. The summed E-state index contributed by atoms with van der Waals surface area (Å²) >= 11 is 0. The number of nitrogens with one attached hydrogen (secondary N) is 1. The summed E-state index contributed by atoms with van der Waals surface area (Å²) in [5, 5.41) is 2.96. The summed E-state index contributed by atoms with van der Waals surface area (Å²) in [5.74, 6) is -0.290. The van der Waals surface area contributed by atoms with Gasteiger partial charge in [-0.05, 0) is 30.2 Å². The fraction of sp³-hybridized carbons (Fsp3) is 0.278. The van der Waals surface area contributed by atoms with Gasteiger partial charge in [0, 0.05) is 19.7 Å². The summed E-state index contributed by atoms with van der Waals surface area (Å²) < 4.78 is 25.5. The van der Waals surface area contributed by atoms with Gasteiger partial charge >= 0.3 is 0 Å². The van der Waals surface area contributed by atoms with Gasteiger partial charge < -0.3 is 5.32 Å². The lowest BCUT2D eigenvalue weighted by atomic mass is 10.0. The highest BCUT2D eigenvalue weighted by Gasteiger charge is 2.20. The van der Waals surface area contributed by atoms with Crippen LogP contribution in [0.25, 0.3) is 0 Å². The second-order valence-electron chi connectivity index (χ2n) is 5.66. The Morgan fingerprint density at radius 1 is 1.08 bits per heavy atom. The van der Waals surface area contributed by atoms with Crippen LogP contribution in [0.1, 0.15) is 35.3 Å². The molecule has 128 valence electrons. The first-order chi connectivity index (χ1) is 11.4. The van der Waals surface area contributed by atoms with E-state index in [0.29, 0.717) is 5.56 Å². The van der Waals surface area contributed by atoms with Crippen LogP contribution in [0.15, 0.2) is 59.5 Å². The van der Waals surface area contributed by atoms with Gasteiger partial charge in [-0.25, -0.2) is 12.7 Å². The molecule has 0 aliphatic heterocycles. The Morgan fingerprint density at radius 2 is 1.75 bits per heavy atom. The molecule has 2 aromatic rings. The Kier molecular flexibility index (Phi) is 5.75. The second kappa shape index (κ2) is 7.59. The Morgan fingerprint density at radius 3 is 2.33 bits per heavy atom. The Labute approximate surface area is 143 Å². The summed E-state index contributed by atoms with van der Waals surface area (Å²) in [6, 6.07) is 15.7. The van der Waals surface area contributed by atoms with E-state index in [4.69, 9.17) is 0 Å². The Hall–Kier alpha value is -2.18. The van der Waals surface area contributed by atoms with E-state index >= 15 is 0 Å².